The summed E-state index contributed by atoms with van der Waals surface area (Å²) in [5.74, 6) is -0.292. The molecule has 0 atom stereocenters. The van der Waals surface area contributed by atoms with Crippen molar-refractivity contribution in [2.75, 3.05) is 17.4 Å². The first kappa shape index (κ1) is 24.9. The number of hydrogen-bond acceptors (Lipinski definition) is 4. The van der Waals surface area contributed by atoms with Crippen molar-refractivity contribution >= 4 is 43.5 Å². The molecule has 4 rings (SSSR count). The fourth-order valence-corrected chi connectivity index (χ4v) is 5.69. The highest BCUT2D eigenvalue weighted by atomic mass is 79.9. The van der Waals surface area contributed by atoms with Crippen LogP contribution in [0.3, 0.4) is 0 Å². The van der Waals surface area contributed by atoms with Crippen LogP contribution in [0.15, 0.2) is 88.2 Å². The molecule has 0 aromatic heterocycles. The number of nitrogens with zero attached hydrogens (tertiary/aromatic N) is 2. The number of nitrogens with one attached hydrogen (secondary N) is 1. The molecule has 1 fully saturated rings. The quantitative estimate of drug-likeness (QED) is 0.431. The van der Waals surface area contributed by atoms with Crippen LogP contribution in [0.1, 0.15) is 24.0 Å². The van der Waals surface area contributed by atoms with Gasteiger partial charge in [0.15, 0.2) is 0 Å². The van der Waals surface area contributed by atoms with Gasteiger partial charge >= 0.3 is 0 Å². The number of carbonyl (C=O) groups excluding carboxylic acids is 2. The van der Waals surface area contributed by atoms with Crippen molar-refractivity contribution in [1.29, 1.82) is 0 Å². The van der Waals surface area contributed by atoms with E-state index >= 15 is 0 Å². The van der Waals surface area contributed by atoms with Gasteiger partial charge in [0.25, 0.3) is 10.0 Å². The summed E-state index contributed by atoms with van der Waals surface area (Å²) in [7, 11) is -3.96. The van der Waals surface area contributed by atoms with Gasteiger partial charge in [-0.1, -0.05) is 58.4 Å². The molecule has 1 N–H and O–H groups in total. The van der Waals surface area contributed by atoms with Gasteiger partial charge in [-0.3, -0.25) is 13.9 Å². The Morgan fingerprint density at radius 2 is 1.60 bits per heavy atom. The van der Waals surface area contributed by atoms with E-state index in [1.807, 2.05) is 29.2 Å². The number of carbonyl (C=O) groups is 2. The molecule has 0 unspecified atom stereocenters. The molecule has 0 aliphatic carbocycles. The molecule has 3 aromatic rings. The number of sulfonamides is 1. The lowest BCUT2D eigenvalue weighted by Crippen LogP contribution is -2.40. The van der Waals surface area contributed by atoms with Crippen molar-refractivity contribution in [3.05, 3.63) is 94.5 Å². The van der Waals surface area contributed by atoms with E-state index in [0.29, 0.717) is 18.7 Å². The first-order valence-electron chi connectivity index (χ1n) is 11.3. The third kappa shape index (κ3) is 6.10. The second kappa shape index (κ2) is 11.0. The van der Waals surface area contributed by atoms with E-state index in [2.05, 4.69) is 21.2 Å². The van der Waals surface area contributed by atoms with Crippen LogP contribution in [-0.2, 0) is 32.7 Å². The van der Waals surface area contributed by atoms with Gasteiger partial charge in [-0.05, 0) is 53.9 Å². The normalized spacial score (nSPS) is 13.6. The Morgan fingerprint density at radius 1 is 0.943 bits per heavy atom. The predicted molar refractivity (Wildman–Crippen MR) is 138 cm³/mol. The molecule has 7 nitrogen and oxygen atoms in total. The molecule has 3 aromatic carbocycles. The standard InChI is InChI=1S/C26H26BrN3O4S/c27-22-12-14-23(15-13-22)30(35(33,34)24-9-2-1-3-10-24)19-25(31)28-17-20-7-4-5-8-21(20)18-29-16-6-11-26(29)32/h1-5,7-10,12-15H,6,11,16-19H2,(H,28,31). The van der Waals surface area contributed by atoms with Gasteiger partial charge in [-0.25, -0.2) is 8.42 Å². The van der Waals surface area contributed by atoms with Gasteiger partial charge in [0.2, 0.25) is 11.8 Å². The molecule has 1 saturated heterocycles. The minimum atomic E-state index is -3.96. The van der Waals surface area contributed by atoms with E-state index in [4.69, 9.17) is 0 Å². The molecule has 182 valence electrons. The zero-order valence-corrected chi connectivity index (χ0v) is 21.5. The van der Waals surface area contributed by atoms with Crippen LogP contribution in [0, 0.1) is 0 Å². The Hall–Kier alpha value is -3.17. The Bertz CT molecular complexity index is 1300. The minimum Gasteiger partial charge on any atom is -0.350 e. The second-order valence-electron chi connectivity index (χ2n) is 8.27. The first-order chi connectivity index (χ1) is 16.8. The highest BCUT2D eigenvalue weighted by molar-refractivity contribution is 9.10. The monoisotopic (exact) mass is 555 g/mol. The lowest BCUT2D eigenvalue weighted by Gasteiger charge is -2.24. The first-order valence-corrected chi connectivity index (χ1v) is 13.5. The van der Waals surface area contributed by atoms with Crippen LogP contribution in [-0.4, -0.2) is 38.2 Å². The number of likely N-dealkylation sites (tertiary alicyclic amines) is 1. The molecule has 0 spiro atoms. The highest BCUT2D eigenvalue weighted by Gasteiger charge is 2.27. The van der Waals surface area contributed by atoms with Gasteiger partial charge in [0, 0.05) is 30.5 Å². The molecule has 0 radical (unpaired) electrons. The molecular formula is C26H26BrN3O4S. The Labute approximate surface area is 213 Å². The van der Waals surface area contributed by atoms with Crippen molar-refractivity contribution < 1.29 is 18.0 Å². The summed E-state index contributed by atoms with van der Waals surface area (Å²) >= 11 is 3.36. The zero-order valence-electron chi connectivity index (χ0n) is 19.1. The second-order valence-corrected chi connectivity index (χ2v) is 11.0. The van der Waals surface area contributed by atoms with Crippen molar-refractivity contribution in [3.8, 4) is 0 Å². The molecule has 0 bridgehead atoms. The predicted octanol–water partition coefficient (Wildman–Crippen LogP) is 4.08. The number of benzene rings is 3. The number of anilines is 1. The summed E-state index contributed by atoms with van der Waals surface area (Å²) in [4.78, 5) is 26.9. The summed E-state index contributed by atoms with van der Waals surface area (Å²) in [6.45, 7) is 1.10. The van der Waals surface area contributed by atoms with E-state index in [-0.39, 0.29) is 23.9 Å². The average Bonchev–Trinajstić information content (AvgIpc) is 3.27. The molecular weight excluding hydrogens is 530 g/mol. The summed E-state index contributed by atoms with van der Waals surface area (Å²) in [5, 5.41) is 2.85. The third-order valence-corrected chi connectivity index (χ3v) is 8.18. The molecule has 2 amide bonds. The summed E-state index contributed by atoms with van der Waals surface area (Å²) in [6.07, 6.45) is 1.43. The smallest absolute Gasteiger partial charge is 0.264 e. The third-order valence-electron chi connectivity index (χ3n) is 5.86. The Kier molecular flexibility index (Phi) is 7.87. The van der Waals surface area contributed by atoms with Crippen molar-refractivity contribution in [3.63, 3.8) is 0 Å². The summed E-state index contributed by atoms with van der Waals surface area (Å²) in [5.41, 5.74) is 2.24. The summed E-state index contributed by atoms with van der Waals surface area (Å²) < 4.78 is 28.7. The number of amides is 2. The van der Waals surface area contributed by atoms with Crippen LogP contribution in [0.2, 0.25) is 0 Å². The van der Waals surface area contributed by atoms with Crippen LogP contribution < -0.4 is 9.62 Å². The van der Waals surface area contributed by atoms with Crippen LogP contribution in [0.25, 0.3) is 0 Å². The SMILES string of the molecule is O=C(CN(c1ccc(Br)cc1)S(=O)(=O)c1ccccc1)NCc1ccccc1CN1CCCC1=O. The molecule has 0 saturated carbocycles. The average molecular weight is 556 g/mol. The zero-order chi connectivity index (χ0) is 24.8. The van der Waals surface area contributed by atoms with Gasteiger partial charge in [-0.2, -0.15) is 0 Å². The van der Waals surface area contributed by atoms with E-state index in [0.717, 1.165) is 32.9 Å². The Morgan fingerprint density at radius 3 is 2.26 bits per heavy atom. The maximum atomic E-state index is 13.4. The van der Waals surface area contributed by atoms with E-state index in [1.165, 1.54) is 12.1 Å². The Balaban J connectivity index is 1.50. The van der Waals surface area contributed by atoms with Gasteiger partial charge in [-0.15, -0.1) is 0 Å². The maximum Gasteiger partial charge on any atom is 0.264 e. The van der Waals surface area contributed by atoms with Gasteiger partial charge in [0.1, 0.15) is 6.54 Å². The topological polar surface area (TPSA) is 86.8 Å². The molecule has 9 heteroatoms. The van der Waals surface area contributed by atoms with Crippen molar-refractivity contribution in [2.24, 2.45) is 0 Å². The number of rotatable bonds is 9. The van der Waals surface area contributed by atoms with Crippen LogP contribution >= 0.6 is 15.9 Å². The summed E-state index contributed by atoms with van der Waals surface area (Å²) in [6, 6.07) is 22.5. The number of halogens is 1. The fourth-order valence-electron chi connectivity index (χ4n) is 3.98. The van der Waals surface area contributed by atoms with Crippen molar-refractivity contribution in [1.82, 2.24) is 10.2 Å². The van der Waals surface area contributed by atoms with Crippen LogP contribution in [0.4, 0.5) is 5.69 Å². The van der Waals surface area contributed by atoms with Crippen LogP contribution in [0.5, 0.6) is 0 Å². The minimum absolute atomic E-state index is 0.108. The van der Waals surface area contributed by atoms with Gasteiger partial charge < -0.3 is 10.2 Å². The lowest BCUT2D eigenvalue weighted by molar-refractivity contribution is -0.128. The fraction of sp³-hybridized carbons (Fsp3) is 0.231. The molecule has 1 aliphatic rings. The lowest BCUT2D eigenvalue weighted by atomic mass is 10.1. The van der Waals surface area contributed by atoms with E-state index in [1.54, 1.807) is 42.5 Å². The largest absolute Gasteiger partial charge is 0.350 e. The molecule has 1 aliphatic heterocycles. The molecule has 1 heterocycles. The van der Waals surface area contributed by atoms with E-state index < -0.39 is 15.9 Å². The van der Waals surface area contributed by atoms with Crippen molar-refractivity contribution in [2.45, 2.75) is 30.8 Å². The number of hydrogen-bond donors (Lipinski definition) is 1. The highest BCUT2D eigenvalue weighted by Crippen LogP contribution is 2.25. The van der Waals surface area contributed by atoms with Gasteiger partial charge in [0.05, 0.1) is 10.6 Å². The maximum absolute atomic E-state index is 13.4. The van der Waals surface area contributed by atoms with E-state index in [9.17, 15) is 18.0 Å². The molecule has 35 heavy (non-hydrogen) atoms.